The Morgan fingerprint density at radius 1 is 1.36 bits per heavy atom. The number of halogens is 1. The van der Waals surface area contributed by atoms with Crippen LogP contribution in [0.5, 0.6) is 0 Å². The maximum absolute atomic E-state index is 12.1. The first-order valence-corrected chi connectivity index (χ1v) is 9.70. The Morgan fingerprint density at radius 2 is 2.24 bits per heavy atom. The molecule has 3 rings (SSSR count). The molecule has 5 nitrogen and oxygen atoms in total. The van der Waals surface area contributed by atoms with E-state index in [9.17, 15) is 4.79 Å². The summed E-state index contributed by atoms with van der Waals surface area (Å²) < 4.78 is 6.25. The van der Waals surface area contributed by atoms with Crippen molar-refractivity contribution in [3.63, 3.8) is 0 Å². The zero-order valence-electron chi connectivity index (χ0n) is 13.7. The average Bonchev–Trinajstić information content (AvgIpc) is 3.26. The first-order valence-electron chi connectivity index (χ1n) is 8.03. The third-order valence-corrected chi connectivity index (χ3v) is 5.09. The van der Waals surface area contributed by atoms with Crippen molar-refractivity contribution in [2.45, 2.75) is 32.2 Å². The van der Waals surface area contributed by atoms with Crippen molar-refractivity contribution in [1.82, 2.24) is 15.5 Å². The summed E-state index contributed by atoms with van der Waals surface area (Å²) in [6.07, 6.45) is 1.69. The third kappa shape index (κ3) is 4.99. The van der Waals surface area contributed by atoms with Gasteiger partial charge in [-0.2, -0.15) is 4.98 Å². The van der Waals surface area contributed by atoms with Crippen LogP contribution in [0, 0.1) is 0 Å². The number of carbonyl (C=O) groups excluding carboxylic acids is 1. The lowest BCUT2D eigenvalue weighted by molar-refractivity contribution is -0.121. The quantitative estimate of drug-likeness (QED) is 0.599. The minimum absolute atomic E-state index is 0.0190. The lowest BCUT2D eigenvalue weighted by atomic mass is 10.1. The Bertz CT molecular complexity index is 832. The topological polar surface area (TPSA) is 68.0 Å². The molecular formula is C18H18BrN3O2S. The summed E-state index contributed by atoms with van der Waals surface area (Å²) in [7, 11) is 0. The molecule has 2 aromatic heterocycles. The molecule has 0 unspecified atom stereocenters. The van der Waals surface area contributed by atoms with Crippen molar-refractivity contribution in [2.75, 3.05) is 0 Å². The molecule has 25 heavy (non-hydrogen) atoms. The molecule has 1 aromatic carbocycles. The fraction of sp³-hybridized carbons (Fsp3) is 0.278. The second-order valence-corrected chi connectivity index (χ2v) is 7.55. The molecule has 0 aliphatic rings. The maximum Gasteiger partial charge on any atom is 0.226 e. The number of nitrogens with zero attached hydrogens (tertiary/aromatic N) is 2. The highest BCUT2D eigenvalue weighted by Crippen LogP contribution is 2.22. The molecule has 0 aliphatic heterocycles. The number of aromatic nitrogens is 2. The van der Waals surface area contributed by atoms with Gasteiger partial charge in [0, 0.05) is 17.3 Å². The van der Waals surface area contributed by atoms with E-state index in [2.05, 4.69) is 31.4 Å². The fourth-order valence-electron chi connectivity index (χ4n) is 2.44. The molecule has 0 aliphatic carbocycles. The molecule has 1 atom stereocenters. The molecule has 1 amide bonds. The minimum Gasteiger partial charge on any atom is -0.350 e. The SMILES string of the molecule is C[C@H](NC(=O)CCCc1nc(-c2cccs2)no1)c1cccc(Br)c1. The first-order chi connectivity index (χ1) is 12.1. The number of rotatable bonds is 7. The van der Waals surface area contributed by atoms with Gasteiger partial charge in [-0.05, 0) is 42.5 Å². The number of benzene rings is 1. The van der Waals surface area contributed by atoms with Crippen LogP contribution in [0.4, 0.5) is 0 Å². The molecule has 2 heterocycles. The standard InChI is InChI=1S/C18H18BrN3O2S/c1-12(13-5-2-6-14(19)11-13)20-16(23)8-3-9-17-21-18(22-24-17)15-7-4-10-25-15/h2,4-7,10-12H,3,8-9H2,1H3,(H,20,23)/t12-/m0/s1. The van der Waals surface area contributed by atoms with Gasteiger partial charge in [0.1, 0.15) is 0 Å². The Balaban J connectivity index is 1.45. The third-order valence-electron chi connectivity index (χ3n) is 3.73. The van der Waals surface area contributed by atoms with Crippen LogP contribution >= 0.6 is 27.3 Å². The second kappa shape index (κ2) is 8.40. The zero-order chi connectivity index (χ0) is 17.6. The fourth-order valence-corrected chi connectivity index (χ4v) is 3.50. The van der Waals surface area contributed by atoms with Crippen LogP contribution in [-0.2, 0) is 11.2 Å². The molecule has 0 radical (unpaired) electrons. The molecule has 0 saturated carbocycles. The van der Waals surface area contributed by atoms with Crippen LogP contribution in [0.3, 0.4) is 0 Å². The van der Waals surface area contributed by atoms with Crippen molar-refractivity contribution in [2.24, 2.45) is 0 Å². The molecule has 0 fully saturated rings. The monoisotopic (exact) mass is 419 g/mol. The summed E-state index contributed by atoms with van der Waals surface area (Å²) in [6.45, 7) is 1.98. The average molecular weight is 420 g/mol. The van der Waals surface area contributed by atoms with Crippen LogP contribution in [0.15, 0.2) is 50.8 Å². The Kier molecular flexibility index (Phi) is 5.99. The second-order valence-electron chi connectivity index (χ2n) is 5.69. The highest BCUT2D eigenvalue weighted by atomic mass is 79.9. The number of carbonyl (C=O) groups is 1. The van der Waals surface area contributed by atoms with E-state index in [1.165, 1.54) is 0 Å². The zero-order valence-corrected chi connectivity index (χ0v) is 16.1. The van der Waals surface area contributed by atoms with E-state index in [0.717, 1.165) is 14.9 Å². The summed E-state index contributed by atoms with van der Waals surface area (Å²) in [5.41, 5.74) is 1.07. The molecule has 3 aromatic rings. The number of aryl methyl sites for hydroxylation is 1. The van der Waals surface area contributed by atoms with Gasteiger partial charge < -0.3 is 9.84 Å². The minimum atomic E-state index is -0.0289. The van der Waals surface area contributed by atoms with Gasteiger partial charge in [-0.15, -0.1) is 11.3 Å². The summed E-state index contributed by atoms with van der Waals surface area (Å²) in [6, 6.07) is 11.8. The largest absolute Gasteiger partial charge is 0.350 e. The number of hydrogen-bond acceptors (Lipinski definition) is 5. The molecule has 1 N–H and O–H groups in total. The van der Waals surface area contributed by atoms with Crippen molar-refractivity contribution < 1.29 is 9.32 Å². The predicted molar refractivity (Wildman–Crippen MR) is 101 cm³/mol. The number of thiophene rings is 1. The number of nitrogens with one attached hydrogen (secondary N) is 1. The van der Waals surface area contributed by atoms with E-state index >= 15 is 0 Å². The van der Waals surface area contributed by atoms with Gasteiger partial charge in [0.05, 0.1) is 10.9 Å². The molecule has 130 valence electrons. The van der Waals surface area contributed by atoms with E-state index in [0.29, 0.717) is 31.0 Å². The van der Waals surface area contributed by atoms with E-state index in [-0.39, 0.29) is 11.9 Å². The molecule has 0 bridgehead atoms. The van der Waals surface area contributed by atoms with Crippen LogP contribution in [0.25, 0.3) is 10.7 Å². The number of amides is 1. The van der Waals surface area contributed by atoms with Crippen LogP contribution in [0.2, 0.25) is 0 Å². The highest BCUT2D eigenvalue weighted by Gasteiger charge is 2.12. The van der Waals surface area contributed by atoms with Crippen molar-refractivity contribution in [1.29, 1.82) is 0 Å². The van der Waals surface area contributed by atoms with Crippen LogP contribution < -0.4 is 5.32 Å². The van der Waals surface area contributed by atoms with Gasteiger partial charge in [-0.3, -0.25) is 4.79 Å². The van der Waals surface area contributed by atoms with Gasteiger partial charge in [0.2, 0.25) is 17.6 Å². The summed E-state index contributed by atoms with van der Waals surface area (Å²) in [5, 5.41) is 8.96. The van der Waals surface area contributed by atoms with E-state index in [1.54, 1.807) is 11.3 Å². The Labute approximate surface area is 158 Å². The highest BCUT2D eigenvalue weighted by molar-refractivity contribution is 9.10. The van der Waals surface area contributed by atoms with Gasteiger partial charge in [0.25, 0.3) is 0 Å². The van der Waals surface area contributed by atoms with Gasteiger partial charge in [-0.25, -0.2) is 0 Å². The lowest BCUT2D eigenvalue weighted by Gasteiger charge is -2.14. The predicted octanol–water partition coefficient (Wildman–Crippen LogP) is 4.76. The molecular weight excluding hydrogens is 402 g/mol. The molecule has 0 saturated heterocycles. The molecule has 7 heteroatoms. The number of hydrogen-bond donors (Lipinski definition) is 1. The van der Waals surface area contributed by atoms with Gasteiger partial charge in [0.15, 0.2) is 0 Å². The van der Waals surface area contributed by atoms with Crippen molar-refractivity contribution in [3.05, 3.63) is 57.7 Å². The van der Waals surface area contributed by atoms with Crippen molar-refractivity contribution >= 4 is 33.2 Å². The van der Waals surface area contributed by atoms with Crippen molar-refractivity contribution in [3.8, 4) is 10.7 Å². The van der Waals surface area contributed by atoms with E-state index in [1.807, 2.05) is 48.7 Å². The summed E-state index contributed by atoms with van der Waals surface area (Å²) in [5.74, 6) is 1.19. The first kappa shape index (κ1) is 17.8. The van der Waals surface area contributed by atoms with Crippen LogP contribution in [0.1, 0.15) is 37.3 Å². The Hall–Kier alpha value is -1.99. The van der Waals surface area contributed by atoms with Crippen LogP contribution in [-0.4, -0.2) is 16.0 Å². The van der Waals surface area contributed by atoms with E-state index < -0.39 is 0 Å². The normalized spacial score (nSPS) is 12.1. The van der Waals surface area contributed by atoms with Gasteiger partial charge >= 0.3 is 0 Å². The maximum atomic E-state index is 12.1. The molecule has 0 spiro atoms. The van der Waals surface area contributed by atoms with E-state index in [4.69, 9.17) is 4.52 Å². The summed E-state index contributed by atoms with van der Waals surface area (Å²) >= 11 is 5.02. The summed E-state index contributed by atoms with van der Waals surface area (Å²) in [4.78, 5) is 17.5. The lowest BCUT2D eigenvalue weighted by Crippen LogP contribution is -2.26. The Morgan fingerprint density at radius 3 is 3.00 bits per heavy atom. The van der Waals surface area contributed by atoms with Gasteiger partial charge in [-0.1, -0.05) is 39.3 Å². The smallest absolute Gasteiger partial charge is 0.226 e.